The van der Waals surface area contributed by atoms with Crippen molar-refractivity contribution in [3.8, 4) is 0 Å². The molecule has 7 nitrogen and oxygen atoms in total. The van der Waals surface area contributed by atoms with Crippen molar-refractivity contribution in [3.05, 3.63) is 34.6 Å². The second-order valence-electron chi connectivity index (χ2n) is 6.15. The zero-order valence-corrected chi connectivity index (χ0v) is 13.8. The molecule has 0 saturated carbocycles. The molecule has 1 amide bonds. The number of halogens is 1. The van der Waals surface area contributed by atoms with Gasteiger partial charge in [0, 0.05) is 13.1 Å². The molecule has 23 heavy (non-hydrogen) atoms. The lowest BCUT2D eigenvalue weighted by atomic mass is 9.90. The standard InChI is InChI=1S/C15H19N5O2.ClH/c1-15(9-16)6-7-19(10-15)13(21)8-20-14(22)11-4-2-3-5-12(11)17-18-20;/h2-5H,6-10,16H2,1H3;1H. The van der Waals surface area contributed by atoms with Crippen LogP contribution in [-0.2, 0) is 11.3 Å². The first-order chi connectivity index (χ1) is 10.5. The van der Waals surface area contributed by atoms with Gasteiger partial charge in [-0.2, -0.15) is 0 Å². The first-order valence-electron chi connectivity index (χ1n) is 7.33. The van der Waals surface area contributed by atoms with E-state index in [1.807, 2.05) is 0 Å². The zero-order valence-electron chi connectivity index (χ0n) is 12.9. The van der Waals surface area contributed by atoms with E-state index in [0.29, 0.717) is 30.5 Å². The summed E-state index contributed by atoms with van der Waals surface area (Å²) in [7, 11) is 0. The Balaban J connectivity index is 0.00000192. The van der Waals surface area contributed by atoms with Gasteiger partial charge in [0.1, 0.15) is 12.1 Å². The lowest BCUT2D eigenvalue weighted by Crippen LogP contribution is -2.38. The van der Waals surface area contributed by atoms with E-state index in [4.69, 9.17) is 5.73 Å². The van der Waals surface area contributed by atoms with Gasteiger partial charge in [-0.25, -0.2) is 4.68 Å². The highest BCUT2D eigenvalue weighted by atomic mass is 35.5. The minimum Gasteiger partial charge on any atom is -0.340 e. The summed E-state index contributed by atoms with van der Waals surface area (Å²) in [6.07, 6.45) is 0.882. The molecule has 2 N–H and O–H groups in total. The smallest absolute Gasteiger partial charge is 0.278 e. The minimum atomic E-state index is -0.292. The molecule has 1 unspecified atom stereocenters. The number of fused-ring (bicyclic) bond motifs is 1. The molecule has 1 aliphatic heterocycles. The molecule has 2 heterocycles. The summed E-state index contributed by atoms with van der Waals surface area (Å²) >= 11 is 0. The highest BCUT2D eigenvalue weighted by Gasteiger charge is 2.34. The van der Waals surface area contributed by atoms with Crippen molar-refractivity contribution in [2.45, 2.75) is 19.9 Å². The lowest BCUT2D eigenvalue weighted by molar-refractivity contribution is -0.131. The van der Waals surface area contributed by atoms with E-state index < -0.39 is 0 Å². The lowest BCUT2D eigenvalue weighted by Gasteiger charge is -2.22. The van der Waals surface area contributed by atoms with E-state index in [1.54, 1.807) is 29.2 Å². The number of nitrogens with zero attached hydrogens (tertiary/aromatic N) is 4. The van der Waals surface area contributed by atoms with Crippen LogP contribution < -0.4 is 11.3 Å². The molecule has 1 atom stereocenters. The number of likely N-dealkylation sites (tertiary alicyclic amines) is 1. The molecule has 124 valence electrons. The first-order valence-corrected chi connectivity index (χ1v) is 7.33. The van der Waals surface area contributed by atoms with Crippen molar-refractivity contribution in [2.24, 2.45) is 11.1 Å². The van der Waals surface area contributed by atoms with Gasteiger partial charge in [0.25, 0.3) is 5.56 Å². The largest absolute Gasteiger partial charge is 0.340 e. The Morgan fingerprint density at radius 1 is 1.39 bits per heavy atom. The van der Waals surface area contributed by atoms with E-state index in [9.17, 15) is 9.59 Å². The second kappa shape index (κ2) is 6.64. The van der Waals surface area contributed by atoms with Gasteiger partial charge in [-0.3, -0.25) is 9.59 Å². The quantitative estimate of drug-likeness (QED) is 0.875. The number of amides is 1. The van der Waals surface area contributed by atoms with Crippen LogP contribution in [0, 0.1) is 5.41 Å². The molecular formula is C15H20ClN5O2. The normalized spacial score (nSPS) is 20.5. The van der Waals surface area contributed by atoms with Gasteiger partial charge in [0.05, 0.1) is 5.39 Å². The first kappa shape index (κ1) is 17.4. The van der Waals surface area contributed by atoms with E-state index in [0.717, 1.165) is 11.1 Å². The minimum absolute atomic E-state index is 0. The van der Waals surface area contributed by atoms with Gasteiger partial charge >= 0.3 is 0 Å². The number of aromatic nitrogens is 3. The Morgan fingerprint density at radius 2 is 2.13 bits per heavy atom. The molecular weight excluding hydrogens is 318 g/mol. The number of carbonyl (C=O) groups excluding carboxylic acids is 1. The van der Waals surface area contributed by atoms with Gasteiger partial charge in [0.2, 0.25) is 5.91 Å². The monoisotopic (exact) mass is 337 g/mol. The van der Waals surface area contributed by atoms with Gasteiger partial charge in [-0.05, 0) is 30.5 Å². The third-order valence-electron chi connectivity index (χ3n) is 4.32. The van der Waals surface area contributed by atoms with E-state index in [1.165, 1.54) is 0 Å². The Labute approximate surface area is 139 Å². The van der Waals surface area contributed by atoms with E-state index in [2.05, 4.69) is 17.2 Å². The number of rotatable bonds is 3. The molecule has 1 aromatic heterocycles. The van der Waals surface area contributed by atoms with Crippen LogP contribution >= 0.6 is 12.4 Å². The van der Waals surface area contributed by atoms with Crippen LogP contribution in [0.25, 0.3) is 10.9 Å². The molecule has 0 aliphatic carbocycles. The van der Waals surface area contributed by atoms with E-state index >= 15 is 0 Å². The highest BCUT2D eigenvalue weighted by Crippen LogP contribution is 2.28. The zero-order chi connectivity index (χ0) is 15.7. The van der Waals surface area contributed by atoms with Gasteiger partial charge in [-0.15, -0.1) is 17.5 Å². The maximum Gasteiger partial charge on any atom is 0.278 e. The molecule has 1 fully saturated rings. The Morgan fingerprint density at radius 3 is 2.83 bits per heavy atom. The van der Waals surface area contributed by atoms with Crippen molar-refractivity contribution in [1.29, 1.82) is 0 Å². The summed E-state index contributed by atoms with van der Waals surface area (Å²) < 4.78 is 1.13. The van der Waals surface area contributed by atoms with Crippen LogP contribution in [-0.4, -0.2) is 45.4 Å². The van der Waals surface area contributed by atoms with Crippen molar-refractivity contribution >= 4 is 29.2 Å². The van der Waals surface area contributed by atoms with Crippen LogP contribution in [0.5, 0.6) is 0 Å². The predicted molar refractivity (Wildman–Crippen MR) is 89.4 cm³/mol. The Bertz CT molecular complexity index is 778. The summed E-state index contributed by atoms with van der Waals surface area (Å²) in [6, 6.07) is 6.98. The third kappa shape index (κ3) is 3.35. The average Bonchev–Trinajstić information content (AvgIpc) is 2.94. The fraction of sp³-hybridized carbons (Fsp3) is 0.467. The summed E-state index contributed by atoms with van der Waals surface area (Å²) in [4.78, 5) is 26.4. The average molecular weight is 338 g/mol. The molecule has 0 spiro atoms. The van der Waals surface area contributed by atoms with Crippen molar-refractivity contribution < 1.29 is 4.79 Å². The predicted octanol–water partition coefficient (Wildman–Crippen LogP) is 0.411. The molecule has 1 aliphatic rings. The number of nitrogens with two attached hydrogens (primary N) is 1. The number of benzene rings is 1. The number of carbonyl (C=O) groups is 1. The van der Waals surface area contributed by atoms with Crippen LogP contribution in [0.4, 0.5) is 0 Å². The maximum atomic E-state index is 12.4. The number of hydrogen-bond donors (Lipinski definition) is 1. The maximum absolute atomic E-state index is 12.4. The summed E-state index contributed by atoms with van der Waals surface area (Å²) in [6.45, 7) is 3.83. The fourth-order valence-electron chi connectivity index (χ4n) is 2.76. The molecule has 1 saturated heterocycles. The fourth-order valence-corrected chi connectivity index (χ4v) is 2.76. The van der Waals surface area contributed by atoms with Crippen molar-refractivity contribution in [1.82, 2.24) is 19.9 Å². The molecule has 8 heteroatoms. The molecule has 0 radical (unpaired) electrons. The molecule has 0 bridgehead atoms. The molecule has 3 rings (SSSR count). The van der Waals surface area contributed by atoms with E-state index in [-0.39, 0.29) is 35.8 Å². The Hall–Kier alpha value is -1.99. The Kier molecular flexibility index (Phi) is 5.01. The van der Waals surface area contributed by atoms with Gasteiger partial charge < -0.3 is 10.6 Å². The van der Waals surface area contributed by atoms with Crippen molar-refractivity contribution in [3.63, 3.8) is 0 Å². The number of hydrogen-bond acceptors (Lipinski definition) is 5. The summed E-state index contributed by atoms with van der Waals surface area (Å²) in [5.74, 6) is -0.121. The van der Waals surface area contributed by atoms with Crippen LogP contribution in [0.15, 0.2) is 29.1 Å². The van der Waals surface area contributed by atoms with Gasteiger partial charge in [-0.1, -0.05) is 24.3 Å². The van der Waals surface area contributed by atoms with Crippen LogP contribution in [0.3, 0.4) is 0 Å². The van der Waals surface area contributed by atoms with Gasteiger partial charge in [0.15, 0.2) is 0 Å². The summed E-state index contributed by atoms with van der Waals surface area (Å²) in [5.41, 5.74) is 5.97. The third-order valence-corrected chi connectivity index (χ3v) is 4.32. The summed E-state index contributed by atoms with van der Waals surface area (Å²) in [5, 5.41) is 8.32. The second-order valence-corrected chi connectivity index (χ2v) is 6.15. The SMILES string of the molecule is CC1(CN)CCN(C(=O)Cn2nnc3ccccc3c2=O)C1.Cl. The topological polar surface area (TPSA) is 94.1 Å². The molecule has 2 aromatic rings. The van der Waals surface area contributed by atoms with Crippen molar-refractivity contribution in [2.75, 3.05) is 19.6 Å². The highest BCUT2D eigenvalue weighted by molar-refractivity contribution is 5.85. The van der Waals surface area contributed by atoms with Crippen LogP contribution in [0.1, 0.15) is 13.3 Å². The molecule has 1 aromatic carbocycles. The van der Waals surface area contributed by atoms with Crippen LogP contribution in [0.2, 0.25) is 0 Å².